The van der Waals surface area contributed by atoms with Gasteiger partial charge in [0.25, 0.3) is 0 Å². The van der Waals surface area contributed by atoms with Gasteiger partial charge in [-0.05, 0) is 0 Å². The zero-order valence-corrected chi connectivity index (χ0v) is 12.9. The van der Waals surface area contributed by atoms with Gasteiger partial charge < -0.3 is 0 Å². The first-order chi connectivity index (χ1) is 8.09. The average Bonchev–Trinajstić information content (AvgIpc) is 2.30. The van der Waals surface area contributed by atoms with Gasteiger partial charge in [-0.15, -0.1) is 0 Å². The van der Waals surface area contributed by atoms with Gasteiger partial charge in [0.2, 0.25) is 0 Å². The second-order valence-electron chi connectivity index (χ2n) is 5.36. The van der Waals surface area contributed by atoms with Crippen LogP contribution in [0.4, 0.5) is 0 Å². The fourth-order valence-electron chi connectivity index (χ4n) is 2.24. The van der Waals surface area contributed by atoms with Crippen LogP contribution in [0.5, 0.6) is 0 Å². The molecule has 0 amide bonds. The summed E-state index contributed by atoms with van der Waals surface area (Å²) in [7, 11) is 0. The molecule has 0 N–H and O–H groups in total. The van der Waals surface area contributed by atoms with Gasteiger partial charge in [0, 0.05) is 0 Å². The van der Waals surface area contributed by atoms with Crippen LogP contribution in [0.15, 0.2) is 60.7 Å². The third-order valence-corrected chi connectivity index (χ3v) is 9.84. The molecular formula is C16H19Ge. The summed E-state index contributed by atoms with van der Waals surface area (Å²) in [6, 6.07) is 22.1. The van der Waals surface area contributed by atoms with Gasteiger partial charge >= 0.3 is 109 Å². The van der Waals surface area contributed by atoms with Crippen molar-refractivity contribution in [2.75, 3.05) is 0 Å². The molecule has 0 heterocycles. The van der Waals surface area contributed by atoms with E-state index in [1.54, 1.807) is 8.79 Å². The molecule has 0 atom stereocenters. The van der Waals surface area contributed by atoms with Crippen LogP contribution < -0.4 is 8.79 Å². The van der Waals surface area contributed by atoms with Crippen LogP contribution in [-0.4, -0.2) is 14.3 Å². The summed E-state index contributed by atoms with van der Waals surface area (Å²) >= 11 is -1.46. The third kappa shape index (κ3) is 3.01. The van der Waals surface area contributed by atoms with E-state index in [2.05, 4.69) is 81.4 Å². The fourth-order valence-corrected chi connectivity index (χ4v) is 8.78. The number of hydrogen-bond acceptors (Lipinski definition) is 0. The summed E-state index contributed by atoms with van der Waals surface area (Å²) in [4.78, 5) is 0. The summed E-state index contributed by atoms with van der Waals surface area (Å²) < 4.78 is 3.51. The van der Waals surface area contributed by atoms with Crippen molar-refractivity contribution in [2.45, 2.75) is 25.0 Å². The van der Waals surface area contributed by atoms with Crippen molar-refractivity contribution in [3.05, 3.63) is 60.7 Å². The molecule has 0 fully saturated rings. The SMILES string of the molecule is C[C](C)(C)[Ge]([c]1ccccc1)[c]1ccccc1. The summed E-state index contributed by atoms with van der Waals surface area (Å²) in [5.74, 6) is 0. The van der Waals surface area contributed by atoms with E-state index in [0.29, 0.717) is 4.25 Å². The molecule has 0 aliphatic heterocycles. The topological polar surface area (TPSA) is 0 Å². The predicted octanol–water partition coefficient (Wildman–Crippen LogP) is 3.10. The van der Waals surface area contributed by atoms with Gasteiger partial charge in [-0.3, -0.25) is 0 Å². The van der Waals surface area contributed by atoms with Gasteiger partial charge in [-0.25, -0.2) is 0 Å². The van der Waals surface area contributed by atoms with Crippen LogP contribution in [0.2, 0.25) is 4.25 Å². The van der Waals surface area contributed by atoms with E-state index in [-0.39, 0.29) is 0 Å². The Hall–Kier alpha value is -1.02. The Morgan fingerprint density at radius 2 is 1.00 bits per heavy atom. The minimum atomic E-state index is -1.46. The molecule has 1 radical (unpaired) electrons. The van der Waals surface area contributed by atoms with Gasteiger partial charge in [-0.2, -0.15) is 0 Å². The summed E-state index contributed by atoms with van der Waals surface area (Å²) in [6.07, 6.45) is 0. The van der Waals surface area contributed by atoms with Gasteiger partial charge in [0.05, 0.1) is 0 Å². The van der Waals surface area contributed by atoms with Crippen LogP contribution in [0, 0.1) is 0 Å². The predicted molar refractivity (Wildman–Crippen MR) is 77.6 cm³/mol. The molecule has 0 aliphatic carbocycles. The first-order valence-corrected chi connectivity index (χ1v) is 9.22. The van der Waals surface area contributed by atoms with Crippen molar-refractivity contribution in [1.29, 1.82) is 0 Å². The van der Waals surface area contributed by atoms with Gasteiger partial charge in [-0.1, -0.05) is 0 Å². The van der Waals surface area contributed by atoms with E-state index in [9.17, 15) is 0 Å². The summed E-state index contributed by atoms with van der Waals surface area (Å²) in [5, 5.41) is 0. The summed E-state index contributed by atoms with van der Waals surface area (Å²) in [6.45, 7) is 7.13. The van der Waals surface area contributed by atoms with Crippen molar-refractivity contribution in [2.24, 2.45) is 0 Å². The maximum atomic E-state index is 2.38. The second kappa shape index (κ2) is 5.09. The zero-order valence-electron chi connectivity index (χ0n) is 10.8. The number of rotatable bonds is 2. The Bertz CT molecular complexity index is 414. The van der Waals surface area contributed by atoms with E-state index in [1.165, 1.54) is 0 Å². The molecule has 2 aromatic rings. The van der Waals surface area contributed by atoms with Crippen molar-refractivity contribution in [3.63, 3.8) is 0 Å². The van der Waals surface area contributed by atoms with Crippen LogP contribution in [0.1, 0.15) is 20.8 Å². The van der Waals surface area contributed by atoms with E-state index < -0.39 is 14.3 Å². The van der Waals surface area contributed by atoms with Crippen molar-refractivity contribution in [1.82, 2.24) is 0 Å². The van der Waals surface area contributed by atoms with Crippen LogP contribution >= 0.6 is 0 Å². The molecule has 0 nitrogen and oxygen atoms in total. The quantitative estimate of drug-likeness (QED) is 0.743. The Kier molecular flexibility index (Phi) is 3.73. The third-order valence-electron chi connectivity index (χ3n) is 2.87. The molecule has 0 spiro atoms. The molecule has 0 saturated carbocycles. The second-order valence-corrected chi connectivity index (χ2v) is 12.5. The molecule has 1 heteroatoms. The van der Waals surface area contributed by atoms with Gasteiger partial charge in [0.15, 0.2) is 0 Å². The standard InChI is InChI=1S/C16H19Ge/c1-16(2,3)17(14-10-6-4-7-11-14)15-12-8-5-9-13-15/h4-13H,1-3H3. The molecule has 87 valence electrons. The Morgan fingerprint density at radius 1 is 0.647 bits per heavy atom. The van der Waals surface area contributed by atoms with Crippen LogP contribution in [-0.2, 0) is 0 Å². The first kappa shape index (κ1) is 12.4. The Morgan fingerprint density at radius 3 is 1.29 bits per heavy atom. The number of hydrogen-bond donors (Lipinski definition) is 0. The molecule has 0 aromatic heterocycles. The Balaban J connectivity index is 2.48. The monoisotopic (exact) mass is 285 g/mol. The maximum absolute atomic E-state index is 2.38. The minimum absolute atomic E-state index is 0.392. The van der Waals surface area contributed by atoms with Crippen LogP contribution in [0.3, 0.4) is 0 Å². The molecule has 0 unspecified atom stereocenters. The molecule has 2 aromatic carbocycles. The van der Waals surface area contributed by atoms with E-state index in [1.807, 2.05) is 0 Å². The van der Waals surface area contributed by atoms with Gasteiger partial charge in [0.1, 0.15) is 0 Å². The van der Waals surface area contributed by atoms with Crippen LogP contribution in [0.25, 0.3) is 0 Å². The van der Waals surface area contributed by atoms with Crippen molar-refractivity contribution >= 4 is 23.1 Å². The van der Waals surface area contributed by atoms with E-state index >= 15 is 0 Å². The number of benzene rings is 2. The average molecular weight is 284 g/mol. The van der Waals surface area contributed by atoms with Crippen molar-refractivity contribution in [3.8, 4) is 0 Å². The fraction of sp³-hybridized carbons (Fsp3) is 0.250. The molecule has 2 rings (SSSR count). The molecular weight excluding hydrogens is 265 g/mol. The Labute approximate surface area is 109 Å². The molecule has 0 saturated heterocycles. The van der Waals surface area contributed by atoms with E-state index in [0.717, 1.165) is 0 Å². The van der Waals surface area contributed by atoms with Crippen molar-refractivity contribution < 1.29 is 0 Å². The molecule has 17 heavy (non-hydrogen) atoms. The van der Waals surface area contributed by atoms with E-state index in [4.69, 9.17) is 0 Å². The normalized spacial score (nSPS) is 11.8. The molecule has 0 bridgehead atoms. The summed E-state index contributed by atoms with van der Waals surface area (Å²) in [5.41, 5.74) is 0. The first-order valence-electron chi connectivity index (χ1n) is 6.07. The zero-order chi connectivity index (χ0) is 12.3. The molecule has 0 aliphatic rings.